The minimum absolute atomic E-state index is 0.0570. The number of nitrogens with one attached hydrogen (secondary N) is 1. The number of hydrogen-bond donors (Lipinski definition) is 3. The van der Waals surface area contributed by atoms with E-state index >= 15 is 0 Å². The lowest BCUT2D eigenvalue weighted by Gasteiger charge is -2.16. The smallest absolute Gasteiger partial charge is 0.183 e. The number of rotatable bonds is 7. The third-order valence-electron chi connectivity index (χ3n) is 2.43. The fourth-order valence-corrected chi connectivity index (χ4v) is 1.49. The summed E-state index contributed by atoms with van der Waals surface area (Å²) in [4.78, 5) is 0. The first-order valence-electron chi connectivity index (χ1n) is 5.50. The zero-order valence-corrected chi connectivity index (χ0v) is 10.4. The van der Waals surface area contributed by atoms with Crippen LogP contribution in [0.3, 0.4) is 0 Å². The molecule has 0 bridgehead atoms. The van der Waals surface area contributed by atoms with Crippen LogP contribution < -0.4 is 5.32 Å². The summed E-state index contributed by atoms with van der Waals surface area (Å²) < 4.78 is 23.6. The van der Waals surface area contributed by atoms with Crippen molar-refractivity contribution in [1.29, 1.82) is 0 Å². The van der Waals surface area contributed by atoms with Gasteiger partial charge < -0.3 is 25.0 Å². The van der Waals surface area contributed by atoms with Crippen molar-refractivity contribution in [2.24, 2.45) is 0 Å². The van der Waals surface area contributed by atoms with Gasteiger partial charge in [-0.3, -0.25) is 0 Å². The largest absolute Gasteiger partial charge is 0.394 e. The molecule has 6 heteroatoms. The lowest BCUT2D eigenvalue weighted by molar-refractivity contribution is -0.106. The molecule has 0 heterocycles. The van der Waals surface area contributed by atoms with Crippen molar-refractivity contribution in [2.75, 3.05) is 32.7 Å². The summed E-state index contributed by atoms with van der Waals surface area (Å²) in [7, 11) is 2.97. The van der Waals surface area contributed by atoms with Crippen LogP contribution in [0, 0.1) is 5.82 Å². The molecule has 102 valence electrons. The summed E-state index contributed by atoms with van der Waals surface area (Å²) in [5.41, 5.74) is 0.876. The summed E-state index contributed by atoms with van der Waals surface area (Å²) in [5.74, 6) is -0.449. The quantitative estimate of drug-likeness (QED) is 0.634. The van der Waals surface area contributed by atoms with E-state index in [1.165, 1.54) is 26.4 Å². The normalized spacial score (nSPS) is 12.8. The van der Waals surface area contributed by atoms with Crippen LogP contribution in [-0.2, 0) is 9.47 Å². The average Bonchev–Trinajstić information content (AvgIpc) is 2.39. The van der Waals surface area contributed by atoms with E-state index in [0.29, 0.717) is 5.56 Å². The monoisotopic (exact) mass is 259 g/mol. The number of hydrogen-bond acceptors (Lipinski definition) is 5. The van der Waals surface area contributed by atoms with E-state index in [2.05, 4.69) is 5.32 Å². The molecule has 1 rings (SSSR count). The molecule has 18 heavy (non-hydrogen) atoms. The Balaban J connectivity index is 2.80. The molecule has 0 saturated carbocycles. The van der Waals surface area contributed by atoms with E-state index in [4.69, 9.17) is 14.6 Å². The molecule has 1 atom stereocenters. The van der Waals surface area contributed by atoms with Crippen molar-refractivity contribution < 1.29 is 24.1 Å². The SMILES string of the molecule is COC(OC)c1ccc(F)c(NCC(O)CO)c1. The van der Waals surface area contributed by atoms with Gasteiger partial charge in [-0.1, -0.05) is 6.07 Å². The molecule has 0 radical (unpaired) electrons. The minimum atomic E-state index is -0.936. The molecule has 0 amide bonds. The lowest BCUT2D eigenvalue weighted by Crippen LogP contribution is -2.23. The van der Waals surface area contributed by atoms with Gasteiger partial charge in [0.15, 0.2) is 6.29 Å². The number of aliphatic hydroxyl groups excluding tert-OH is 2. The molecule has 0 aromatic heterocycles. The molecule has 0 aliphatic rings. The third-order valence-corrected chi connectivity index (χ3v) is 2.43. The van der Waals surface area contributed by atoms with Crippen LogP contribution in [0.1, 0.15) is 11.9 Å². The highest BCUT2D eigenvalue weighted by Crippen LogP contribution is 2.23. The molecule has 0 fully saturated rings. The van der Waals surface area contributed by atoms with E-state index < -0.39 is 18.2 Å². The van der Waals surface area contributed by atoms with Crippen LogP contribution in [0.25, 0.3) is 0 Å². The number of ether oxygens (including phenoxy) is 2. The molecule has 1 aromatic carbocycles. The summed E-state index contributed by atoms with van der Waals surface area (Å²) in [5, 5.41) is 20.6. The van der Waals surface area contributed by atoms with E-state index in [1.807, 2.05) is 0 Å². The second kappa shape index (κ2) is 7.27. The van der Waals surface area contributed by atoms with Gasteiger partial charge in [-0.2, -0.15) is 0 Å². The van der Waals surface area contributed by atoms with Crippen molar-refractivity contribution in [1.82, 2.24) is 0 Å². The lowest BCUT2D eigenvalue weighted by atomic mass is 10.1. The maximum absolute atomic E-state index is 13.5. The highest BCUT2D eigenvalue weighted by atomic mass is 19.1. The van der Waals surface area contributed by atoms with Crippen molar-refractivity contribution in [3.05, 3.63) is 29.6 Å². The molecule has 0 aliphatic carbocycles. The number of benzene rings is 1. The summed E-state index contributed by atoms with van der Waals surface area (Å²) in [6, 6.07) is 4.38. The second-order valence-corrected chi connectivity index (χ2v) is 3.76. The summed E-state index contributed by atoms with van der Waals surface area (Å²) >= 11 is 0. The maximum atomic E-state index is 13.5. The van der Waals surface area contributed by atoms with Crippen LogP contribution in [0.15, 0.2) is 18.2 Å². The first kappa shape index (κ1) is 14.8. The zero-order chi connectivity index (χ0) is 13.5. The standard InChI is InChI=1S/C12H18FNO4/c1-17-12(18-2)8-3-4-10(13)11(5-8)14-6-9(16)7-15/h3-5,9,12,14-16H,6-7H2,1-2H3. The van der Waals surface area contributed by atoms with Gasteiger partial charge in [0.1, 0.15) is 5.82 Å². The molecule has 1 unspecified atom stereocenters. The van der Waals surface area contributed by atoms with Gasteiger partial charge in [0, 0.05) is 26.3 Å². The highest BCUT2D eigenvalue weighted by Gasteiger charge is 2.12. The topological polar surface area (TPSA) is 71.0 Å². The van der Waals surface area contributed by atoms with Gasteiger partial charge in [-0.15, -0.1) is 0 Å². The van der Waals surface area contributed by atoms with Crippen LogP contribution in [0.5, 0.6) is 0 Å². The molecule has 0 saturated heterocycles. The maximum Gasteiger partial charge on any atom is 0.183 e. The van der Waals surface area contributed by atoms with Crippen LogP contribution in [-0.4, -0.2) is 43.7 Å². The molecule has 0 aliphatic heterocycles. The first-order chi connectivity index (χ1) is 8.62. The fraction of sp³-hybridized carbons (Fsp3) is 0.500. The van der Waals surface area contributed by atoms with Gasteiger partial charge in [0.05, 0.1) is 18.4 Å². The summed E-state index contributed by atoms with van der Waals surface area (Å²) in [6.07, 6.45) is -1.51. The van der Waals surface area contributed by atoms with Gasteiger partial charge in [0.2, 0.25) is 0 Å². The molecular weight excluding hydrogens is 241 g/mol. The van der Waals surface area contributed by atoms with Crippen molar-refractivity contribution in [2.45, 2.75) is 12.4 Å². The van der Waals surface area contributed by atoms with Crippen molar-refractivity contribution in [3.8, 4) is 0 Å². The molecular formula is C12H18FNO4. The van der Waals surface area contributed by atoms with Gasteiger partial charge in [-0.05, 0) is 12.1 Å². The highest BCUT2D eigenvalue weighted by molar-refractivity contribution is 5.47. The molecule has 3 N–H and O–H groups in total. The number of anilines is 1. The summed E-state index contributed by atoms with van der Waals surface area (Å²) in [6.45, 7) is -0.325. The van der Waals surface area contributed by atoms with Gasteiger partial charge in [0.25, 0.3) is 0 Å². The van der Waals surface area contributed by atoms with Crippen LogP contribution in [0.4, 0.5) is 10.1 Å². The zero-order valence-electron chi connectivity index (χ0n) is 10.4. The molecule has 5 nitrogen and oxygen atoms in total. The van der Waals surface area contributed by atoms with Gasteiger partial charge in [-0.25, -0.2) is 4.39 Å². The molecule has 0 spiro atoms. The first-order valence-corrected chi connectivity index (χ1v) is 5.50. The Hall–Kier alpha value is -1.21. The number of methoxy groups -OCH3 is 2. The van der Waals surface area contributed by atoms with Crippen LogP contribution in [0.2, 0.25) is 0 Å². The Labute approximate surface area is 105 Å². The fourth-order valence-electron chi connectivity index (χ4n) is 1.49. The predicted molar refractivity (Wildman–Crippen MR) is 64.7 cm³/mol. The number of aliphatic hydroxyl groups is 2. The van der Waals surface area contributed by atoms with E-state index in [1.54, 1.807) is 6.07 Å². The van der Waals surface area contributed by atoms with Crippen molar-refractivity contribution in [3.63, 3.8) is 0 Å². The predicted octanol–water partition coefficient (Wildman–Crippen LogP) is 0.882. The minimum Gasteiger partial charge on any atom is -0.394 e. The van der Waals surface area contributed by atoms with Crippen LogP contribution >= 0.6 is 0 Å². The average molecular weight is 259 g/mol. The Kier molecular flexibility index (Phi) is 6.00. The van der Waals surface area contributed by atoms with E-state index in [9.17, 15) is 9.50 Å². The number of halogens is 1. The van der Waals surface area contributed by atoms with Crippen molar-refractivity contribution >= 4 is 5.69 Å². The third kappa shape index (κ3) is 3.92. The van der Waals surface area contributed by atoms with E-state index in [0.717, 1.165) is 0 Å². The molecule has 1 aromatic rings. The second-order valence-electron chi connectivity index (χ2n) is 3.76. The Bertz CT molecular complexity index is 371. The van der Waals surface area contributed by atoms with E-state index in [-0.39, 0.29) is 18.8 Å². The Morgan fingerprint density at radius 1 is 1.33 bits per heavy atom. The Morgan fingerprint density at radius 3 is 2.56 bits per heavy atom. The van der Waals surface area contributed by atoms with Gasteiger partial charge >= 0.3 is 0 Å². The Morgan fingerprint density at radius 2 is 2.00 bits per heavy atom.